The number of nitrogens with one attached hydrogen (secondary N) is 1. The predicted octanol–water partition coefficient (Wildman–Crippen LogP) is 5.11. The van der Waals surface area contributed by atoms with Gasteiger partial charge in [0.05, 0.1) is 0 Å². The third-order valence-electron chi connectivity index (χ3n) is 5.52. The van der Waals surface area contributed by atoms with Crippen molar-refractivity contribution < 1.29 is 9.90 Å². The van der Waals surface area contributed by atoms with E-state index in [1.807, 2.05) is 24.3 Å². The van der Waals surface area contributed by atoms with Crippen molar-refractivity contribution >= 4 is 22.2 Å². The summed E-state index contributed by atoms with van der Waals surface area (Å²) in [5.41, 5.74) is 5.23. The third kappa shape index (κ3) is 2.24. The molecule has 128 valence electrons. The molecule has 1 aliphatic heterocycles. The largest absolute Gasteiger partial charge is 0.508 e. The maximum Gasteiger partial charge on any atom is 0.161 e. The number of aromatic hydroxyl groups is 1. The van der Waals surface area contributed by atoms with Crippen molar-refractivity contribution in [1.29, 1.82) is 0 Å². The number of carbonyl (C=O) groups excluding carboxylic acids is 1. The number of benzene rings is 3. The molecule has 0 amide bonds. The molecule has 0 unspecified atom stereocenters. The van der Waals surface area contributed by atoms with E-state index in [1.165, 1.54) is 10.8 Å². The van der Waals surface area contributed by atoms with Crippen LogP contribution in [-0.4, -0.2) is 10.9 Å². The highest BCUT2D eigenvalue weighted by Gasteiger charge is 2.35. The quantitative estimate of drug-likeness (QED) is 0.646. The van der Waals surface area contributed by atoms with Crippen molar-refractivity contribution in [1.82, 2.24) is 0 Å². The number of hydrogen-bond acceptors (Lipinski definition) is 3. The Morgan fingerprint density at radius 3 is 2.58 bits per heavy atom. The smallest absolute Gasteiger partial charge is 0.161 e. The van der Waals surface area contributed by atoms with Gasteiger partial charge in [-0.2, -0.15) is 0 Å². The third-order valence-corrected chi connectivity index (χ3v) is 5.52. The van der Waals surface area contributed by atoms with Crippen molar-refractivity contribution in [3.8, 4) is 5.75 Å². The van der Waals surface area contributed by atoms with Crippen molar-refractivity contribution in [2.75, 3.05) is 5.32 Å². The fraction of sp³-hybridized carbons (Fsp3) is 0.174. The molecule has 3 aromatic carbocycles. The van der Waals surface area contributed by atoms with Gasteiger partial charge in [-0.25, -0.2) is 0 Å². The van der Waals surface area contributed by atoms with Gasteiger partial charge in [0.15, 0.2) is 5.78 Å². The van der Waals surface area contributed by atoms with E-state index >= 15 is 0 Å². The van der Waals surface area contributed by atoms with Crippen LogP contribution in [0.3, 0.4) is 0 Å². The minimum absolute atomic E-state index is 0.0965. The first-order valence-electron chi connectivity index (χ1n) is 9.06. The van der Waals surface area contributed by atoms with E-state index in [-0.39, 0.29) is 17.5 Å². The molecule has 2 N–H and O–H groups in total. The summed E-state index contributed by atoms with van der Waals surface area (Å²) in [6.45, 7) is 0. The van der Waals surface area contributed by atoms with Gasteiger partial charge in [0.2, 0.25) is 0 Å². The SMILES string of the molecule is O=C1CCCC2=C1[C@H](c1ccc(O)cc1)c1c(ccc3ccccc13)N2. The normalized spacial score (nSPS) is 19.1. The topological polar surface area (TPSA) is 49.3 Å². The monoisotopic (exact) mass is 341 g/mol. The van der Waals surface area contributed by atoms with Gasteiger partial charge in [0.1, 0.15) is 5.75 Å². The molecule has 26 heavy (non-hydrogen) atoms. The highest BCUT2D eigenvalue weighted by Crippen LogP contribution is 2.48. The van der Waals surface area contributed by atoms with Gasteiger partial charge >= 0.3 is 0 Å². The number of allylic oxidation sites excluding steroid dienone is 2. The van der Waals surface area contributed by atoms with Crippen LogP contribution in [-0.2, 0) is 4.79 Å². The standard InChI is InChI=1S/C23H19NO2/c25-16-11-8-15(9-12-16)21-22-17-5-2-1-4-14(17)10-13-19(22)24-18-6-3-7-20(26)23(18)21/h1-2,4-5,8-13,21,24-25H,3,6-7H2/t21-/m1/s1. The minimum Gasteiger partial charge on any atom is -0.508 e. The number of fused-ring (bicyclic) bond motifs is 3. The molecule has 5 rings (SSSR count). The van der Waals surface area contributed by atoms with Gasteiger partial charge in [-0.1, -0.05) is 42.5 Å². The zero-order chi connectivity index (χ0) is 17.7. The summed E-state index contributed by atoms with van der Waals surface area (Å²) < 4.78 is 0. The molecule has 1 aliphatic carbocycles. The lowest BCUT2D eigenvalue weighted by Gasteiger charge is -2.35. The van der Waals surface area contributed by atoms with E-state index < -0.39 is 0 Å². The van der Waals surface area contributed by atoms with E-state index in [2.05, 4.69) is 29.6 Å². The van der Waals surface area contributed by atoms with Gasteiger partial charge in [0.25, 0.3) is 0 Å². The maximum absolute atomic E-state index is 12.9. The van der Waals surface area contributed by atoms with E-state index in [0.29, 0.717) is 6.42 Å². The first-order valence-corrected chi connectivity index (χ1v) is 9.06. The molecule has 0 spiro atoms. The maximum atomic E-state index is 12.9. The molecular weight excluding hydrogens is 322 g/mol. The fourth-order valence-corrected chi connectivity index (χ4v) is 4.35. The summed E-state index contributed by atoms with van der Waals surface area (Å²) in [6.07, 6.45) is 2.41. The summed E-state index contributed by atoms with van der Waals surface area (Å²) in [7, 11) is 0. The molecule has 1 atom stereocenters. The van der Waals surface area contributed by atoms with Gasteiger partial charge < -0.3 is 10.4 Å². The molecule has 1 heterocycles. The van der Waals surface area contributed by atoms with Crippen LogP contribution in [0.2, 0.25) is 0 Å². The highest BCUT2D eigenvalue weighted by atomic mass is 16.3. The van der Waals surface area contributed by atoms with Crippen LogP contribution in [0.4, 0.5) is 5.69 Å². The van der Waals surface area contributed by atoms with E-state index in [9.17, 15) is 9.90 Å². The molecule has 0 bridgehead atoms. The molecule has 0 radical (unpaired) electrons. The highest BCUT2D eigenvalue weighted by molar-refractivity contribution is 6.04. The van der Waals surface area contributed by atoms with Crippen LogP contribution < -0.4 is 5.32 Å². The van der Waals surface area contributed by atoms with Gasteiger partial charge in [-0.05, 0) is 52.9 Å². The van der Waals surface area contributed by atoms with Gasteiger partial charge in [-0.15, -0.1) is 0 Å². The Morgan fingerprint density at radius 1 is 0.923 bits per heavy atom. The lowest BCUT2D eigenvalue weighted by atomic mass is 9.74. The first kappa shape index (κ1) is 15.2. The zero-order valence-corrected chi connectivity index (χ0v) is 14.3. The fourth-order valence-electron chi connectivity index (χ4n) is 4.35. The van der Waals surface area contributed by atoms with Crippen LogP contribution in [0.25, 0.3) is 10.8 Å². The van der Waals surface area contributed by atoms with Gasteiger partial charge in [-0.3, -0.25) is 4.79 Å². The summed E-state index contributed by atoms with van der Waals surface area (Å²) in [4.78, 5) is 12.9. The Balaban J connectivity index is 1.83. The second-order valence-electron chi connectivity index (χ2n) is 7.07. The van der Waals surface area contributed by atoms with Crippen molar-refractivity contribution in [2.24, 2.45) is 0 Å². The van der Waals surface area contributed by atoms with Crippen molar-refractivity contribution in [2.45, 2.75) is 25.2 Å². The molecule has 0 fully saturated rings. The minimum atomic E-state index is -0.0965. The Labute approximate surface area is 152 Å². The van der Waals surface area contributed by atoms with Crippen molar-refractivity contribution in [3.05, 3.63) is 83.1 Å². The molecular formula is C23H19NO2. The van der Waals surface area contributed by atoms with E-state index in [0.717, 1.165) is 40.9 Å². The summed E-state index contributed by atoms with van der Waals surface area (Å²) in [5, 5.41) is 15.6. The molecule has 0 saturated carbocycles. The Hall–Kier alpha value is -3.07. The zero-order valence-electron chi connectivity index (χ0n) is 14.3. The second-order valence-corrected chi connectivity index (χ2v) is 7.07. The summed E-state index contributed by atoms with van der Waals surface area (Å²) in [5.74, 6) is 0.376. The van der Waals surface area contributed by atoms with Crippen LogP contribution >= 0.6 is 0 Å². The number of ketones is 1. The Kier molecular flexibility index (Phi) is 3.35. The number of hydrogen-bond donors (Lipinski definition) is 2. The average Bonchev–Trinajstić information content (AvgIpc) is 2.67. The molecule has 0 aromatic heterocycles. The van der Waals surface area contributed by atoms with Crippen LogP contribution in [0, 0.1) is 0 Å². The van der Waals surface area contributed by atoms with E-state index in [4.69, 9.17) is 0 Å². The van der Waals surface area contributed by atoms with Crippen molar-refractivity contribution in [3.63, 3.8) is 0 Å². The predicted molar refractivity (Wildman–Crippen MR) is 103 cm³/mol. The van der Waals surface area contributed by atoms with Crippen LogP contribution in [0.15, 0.2) is 71.9 Å². The average molecular weight is 341 g/mol. The summed E-state index contributed by atoms with van der Waals surface area (Å²) in [6, 6.07) is 19.8. The first-order chi connectivity index (χ1) is 12.7. The Morgan fingerprint density at radius 2 is 1.73 bits per heavy atom. The van der Waals surface area contributed by atoms with Crippen LogP contribution in [0.5, 0.6) is 5.75 Å². The number of anilines is 1. The number of Topliss-reactive ketones (excluding diaryl/α,β-unsaturated/α-hetero) is 1. The molecule has 2 aliphatic rings. The number of phenolic OH excluding ortho intramolecular Hbond substituents is 1. The lowest BCUT2D eigenvalue weighted by molar-refractivity contribution is -0.116. The van der Waals surface area contributed by atoms with Crippen LogP contribution in [0.1, 0.15) is 36.3 Å². The van der Waals surface area contributed by atoms with E-state index in [1.54, 1.807) is 12.1 Å². The van der Waals surface area contributed by atoms with Gasteiger partial charge in [0, 0.05) is 29.3 Å². The molecule has 3 aromatic rings. The second kappa shape index (κ2) is 5.73. The number of carbonyl (C=O) groups is 1. The summed E-state index contributed by atoms with van der Waals surface area (Å²) >= 11 is 0. The lowest BCUT2D eigenvalue weighted by Crippen LogP contribution is -2.27. The molecule has 3 heteroatoms. The molecule has 3 nitrogen and oxygen atoms in total. The number of phenols is 1. The number of rotatable bonds is 1. The molecule has 0 saturated heterocycles. The Bertz CT molecular complexity index is 1060.